The molecule has 0 heterocycles. The van der Waals surface area contributed by atoms with E-state index in [0.29, 0.717) is 5.56 Å². The summed E-state index contributed by atoms with van der Waals surface area (Å²) in [5.41, 5.74) is 11.8. The maximum Gasteiger partial charge on any atom is 0.327 e. The van der Waals surface area contributed by atoms with E-state index >= 15 is 0 Å². The largest absolute Gasteiger partial charge is 0.508 e. The number of nitrogens with two attached hydrogens (primary N) is 2. The lowest BCUT2D eigenvalue weighted by Gasteiger charge is -2.25. The molecule has 1 aromatic carbocycles. The van der Waals surface area contributed by atoms with Crippen LogP contribution in [-0.4, -0.2) is 69.7 Å². The molecular weight excluding hydrogens is 478 g/mol. The van der Waals surface area contributed by atoms with Crippen molar-refractivity contribution in [2.75, 3.05) is 5.75 Å². The Kier molecular flexibility index (Phi) is 12.0. The average Bonchev–Trinajstić information content (AvgIpc) is 2.76. The molecule has 0 radical (unpaired) electrons. The molecule has 12 nitrogen and oxygen atoms in total. The molecule has 4 atom stereocenters. The van der Waals surface area contributed by atoms with Crippen molar-refractivity contribution in [3.63, 3.8) is 0 Å². The fraction of sp³-hybridized carbons (Fsp3) is 0.500. The molecule has 194 valence electrons. The molecular formula is C22H33N5O7S. The molecule has 0 aromatic heterocycles. The van der Waals surface area contributed by atoms with Crippen LogP contribution in [0, 0.1) is 5.92 Å². The van der Waals surface area contributed by atoms with E-state index in [1.807, 2.05) is 0 Å². The number of aromatic hydroxyl groups is 1. The fourth-order valence-corrected chi connectivity index (χ4v) is 3.35. The third-order valence-electron chi connectivity index (χ3n) is 4.90. The van der Waals surface area contributed by atoms with Gasteiger partial charge in [-0.1, -0.05) is 26.0 Å². The lowest BCUT2D eigenvalue weighted by Crippen LogP contribution is -2.58. The highest BCUT2D eigenvalue weighted by molar-refractivity contribution is 7.80. The molecule has 0 aliphatic carbocycles. The molecule has 9 N–H and O–H groups in total. The van der Waals surface area contributed by atoms with Crippen LogP contribution in [0.25, 0.3) is 0 Å². The number of nitrogens with one attached hydrogen (secondary N) is 3. The number of hydrogen-bond acceptors (Lipinski definition) is 8. The minimum Gasteiger partial charge on any atom is -0.508 e. The first-order chi connectivity index (χ1) is 16.3. The van der Waals surface area contributed by atoms with Crippen molar-refractivity contribution in [2.24, 2.45) is 17.4 Å². The lowest BCUT2D eigenvalue weighted by atomic mass is 10.0. The maximum absolute atomic E-state index is 12.9. The van der Waals surface area contributed by atoms with Crippen molar-refractivity contribution >= 4 is 42.2 Å². The van der Waals surface area contributed by atoms with Gasteiger partial charge in [-0.25, -0.2) is 4.79 Å². The molecule has 0 bridgehead atoms. The highest BCUT2D eigenvalue weighted by Crippen LogP contribution is 2.11. The second-order valence-corrected chi connectivity index (χ2v) is 8.85. The van der Waals surface area contributed by atoms with Crippen LogP contribution in [0.3, 0.4) is 0 Å². The van der Waals surface area contributed by atoms with Crippen molar-refractivity contribution in [3.05, 3.63) is 29.8 Å². The zero-order valence-electron chi connectivity index (χ0n) is 19.6. The SMILES string of the molecule is CC(C)CC(NC(=O)C(CC(N)=O)NC(=O)C(N)Cc1ccc(O)cc1)C(=O)NC(CS)C(=O)O. The number of carbonyl (C=O) groups excluding carboxylic acids is 4. The van der Waals surface area contributed by atoms with E-state index in [-0.39, 0.29) is 30.3 Å². The number of carboxylic acid groups (broad SMARTS) is 1. The predicted molar refractivity (Wildman–Crippen MR) is 130 cm³/mol. The van der Waals surface area contributed by atoms with Crippen LogP contribution in [-0.2, 0) is 30.4 Å². The first-order valence-corrected chi connectivity index (χ1v) is 11.5. The lowest BCUT2D eigenvalue weighted by molar-refractivity contribution is -0.141. The van der Waals surface area contributed by atoms with Gasteiger partial charge in [0.2, 0.25) is 23.6 Å². The van der Waals surface area contributed by atoms with Crippen molar-refractivity contribution < 1.29 is 34.2 Å². The summed E-state index contributed by atoms with van der Waals surface area (Å²) in [4.78, 5) is 60.9. The van der Waals surface area contributed by atoms with E-state index < -0.39 is 60.2 Å². The average molecular weight is 512 g/mol. The van der Waals surface area contributed by atoms with Crippen molar-refractivity contribution in [3.8, 4) is 5.75 Å². The molecule has 0 fully saturated rings. The number of phenolic OH excluding ortho intramolecular Hbond substituents is 1. The molecule has 35 heavy (non-hydrogen) atoms. The number of primary amides is 1. The van der Waals surface area contributed by atoms with E-state index in [1.165, 1.54) is 12.1 Å². The first-order valence-electron chi connectivity index (χ1n) is 10.9. The molecule has 4 unspecified atom stereocenters. The van der Waals surface area contributed by atoms with Crippen LogP contribution < -0.4 is 27.4 Å². The standard InChI is InChI=1S/C22H33N5O7S/c1-11(2)7-15(20(31)27-17(10-35)22(33)34)26-21(32)16(9-18(24)29)25-19(30)14(23)8-12-3-5-13(28)6-4-12/h3-6,11,14-17,28,35H,7-10,23H2,1-2H3,(H2,24,29)(H,25,30)(H,26,32)(H,27,31)(H,33,34). The Bertz CT molecular complexity index is 910. The fourth-order valence-electron chi connectivity index (χ4n) is 3.10. The molecule has 1 rings (SSSR count). The number of carbonyl (C=O) groups is 5. The monoisotopic (exact) mass is 511 g/mol. The molecule has 0 aliphatic rings. The van der Waals surface area contributed by atoms with Crippen LogP contribution >= 0.6 is 12.6 Å². The summed E-state index contributed by atoms with van der Waals surface area (Å²) in [6.07, 6.45) is -0.294. The van der Waals surface area contributed by atoms with Gasteiger partial charge in [0.1, 0.15) is 23.9 Å². The van der Waals surface area contributed by atoms with Crippen LogP contribution in [0.4, 0.5) is 0 Å². The Labute approximate surface area is 208 Å². The van der Waals surface area contributed by atoms with Gasteiger partial charge in [-0.15, -0.1) is 0 Å². The van der Waals surface area contributed by atoms with Gasteiger partial charge in [0.05, 0.1) is 12.5 Å². The second-order valence-electron chi connectivity index (χ2n) is 8.48. The predicted octanol–water partition coefficient (Wildman–Crippen LogP) is -1.35. The van der Waals surface area contributed by atoms with Crippen LogP contribution in [0.2, 0.25) is 0 Å². The van der Waals surface area contributed by atoms with E-state index in [0.717, 1.165) is 0 Å². The Morgan fingerprint density at radius 2 is 1.43 bits per heavy atom. The van der Waals surface area contributed by atoms with Crippen LogP contribution in [0.15, 0.2) is 24.3 Å². The smallest absolute Gasteiger partial charge is 0.327 e. The van der Waals surface area contributed by atoms with E-state index in [1.54, 1.807) is 26.0 Å². The van der Waals surface area contributed by atoms with E-state index in [2.05, 4.69) is 28.6 Å². The minimum absolute atomic E-state index is 0.0500. The number of aliphatic carboxylic acids is 1. The maximum atomic E-state index is 12.9. The number of phenols is 1. The highest BCUT2D eigenvalue weighted by atomic mass is 32.1. The third-order valence-corrected chi connectivity index (χ3v) is 5.27. The quantitative estimate of drug-likeness (QED) is 0.139. The summed E-state index contributed by atoms with van der Waals surface area (Å²) in [7, 11) is 0. The normalized spacial score (nSPS) is 14.3. The van der Waals surface area contributed by atoms with E-state index in [9.17, 15) is 29.1 Å². The van der Waals surface area contributed by atoms with Gasteiger partial charge < -0.3 is 37.6 Å². The second kappa shape index (κ2) is 14.2. The third kappa shape index (κ3) is 10.6. The van der Waals surface area contributed by atoms with Gasteiger partial charge in [0.15, 0.2) is 0 Å². The van der Waals surface area contributed by atoms with Crippen molar-refractivity contribution in [2.45, 2.75) is 57.3 Å². The Morgan fingerprint density at radius 1 is 0.914 bits per heavy atom. The topological polar surface area (TPSA) is 214 Å². The summed E-state index contributed by atoms with van der Waals surface area (Å²) < 4.78 is 0. The molecule has 0 saturated heterocycles. The first kappa shape index (κ1) is 29.7. The van der Waals surface area contributed by atoms with Crippen LogP contribution in [0.5, 0.6) is 5.75 Å². The van der Waals surface area contributed by atoms with Gasteiger partial charge in [-0.05, 0) is 36.5 Å². The molecule has 0 spiro atoms. The summed E-state index contributed by atoms with van der Waals surface area (Å²) in [5.74, 6) is -4.67. The molecule has 13 heteroatoms. The highest BCUT2D eigenvalue weighted by Gasteiger charge is 2.31. The molecule has 1 aromatic rings. The van der Waals surface area contributed by atoms with Crippen molar-refractivity contribution in [1.82, 2.24) is 16.0 Å². The van der Waals surface area contributed by atoms with Gasteiger partial charge in [0, 0.05) is 5.75 Å². The number of hydrogen-bond donors (Lipinski definition) is 8. The number of benzene rings is 1. The zero-order chi connectivity index (χ0) is 26.7. The van der Waals surface area contributed by atoms with E-state index in [4.69, 9.17) is 16.6 Å². The van der Waals surface area contributed by atoms with Crippen LogP contribution in [0.1, 0.15) is 32.3 Å². The molecule has 0 saturated carbocycles. The van der Waals surface area contributed by atoms with Gasteiger partial charge >= 0.3 is 5.97 Å². The van der Waals surface area contributed by atoms with Gasteiger partial charge in [-0.3, -0.25) is 19.2 Å². The Morgan fingerprint density at radius 3 is 1.91 bits per heavy atom. The Hall–Kier alpha value is -3.32. The summed E-state index contributed by atoms with van der Waals surface area (Å²) >= 11 is 3.90. The summed E-state index contributed by atoms with van der Waals surface area (Å²) in [6.45, 7) is 3.59. The number of carboxylic acids is 1. The molecule has 0 aliphatic heterocycles. The van der Waals surface area contributed by atoms with Gasteiger partial charge in [0.25, 0.3) is 0 Å². The minimum atomic E-state index is -1.41. The number of thiol groups is 1. The zero-order valence-corrected chi connectivity index (χ0v) is 20.5. The van der Waals surface area contributed by atoms with Gasteiger partial charge in [-0.2, -0.15) is 12.6 Å². The molecule has 4 amide bonds. The summed E-state index contributed by atoms with van der Waals surface area (Å²) in [6, 6.07) is 1.15. The van der Waals surface area contributed by atoms with Crippen molar-refractivity contribution in [1.29, 1.82) is 0 Å². The Balaban J connectivity index is 2.94. The number of rotatable bonds is 14. The summed E-state index contributed by atoms with van der Waals surface area (Å²) in [5, 5.41) is 25.7. The number of amides is 4.